The quantitative estimate of drug-likeness (QED) is 0.721. The molecule has 2 N–H and O–H groups in total. The van der Waals surface area contributed by atoms with Crippen molar-refractivity contribution in [2.75, 3.05) is 0 Å². The monoisotopic (exact) mass is 226 g/mol. The van der Waals surface area contributed by atoms with Gasteiger partial charge in [-0.3, -0.25) is 9.59 Å². The van der Waals surface area contributed by atoms with Crippen molar-refractivity contribution in [2.45, 2.75) is 39.5 Å². The molecule has 4 heteroatoms. The molecule has 0 spiro atoms. The van der Waals surface area contributed by atoms with Crippen molar-refractivity contribution in [3.63, 3.8) is 0 Å². The van der Waals surface area contributed by atoms with Crippen LogP contribution in [0.1, 0.15) is 39.5 Å². The molecule has 0 heterocycles. The van der Waals surface area contributed by atoms with Crippen LogP contribution in [0.5, 0.6) is 0 Å². The van der Waals surface area contributed by atoms with Crippen LogP contribution in [-0.4, -0.2) is 22.2 Å². The first-order valence-electron chi connectivity index (χ1n) is 5.49. The van der Waals surface area contributed by atoms with Gasteiger partial charge in [-0.15, -0.1) is 0 Å². The van der Waals surface area contributed by atoms with Crippen LogP contribution in [0.3, 0.4) is 0 Å². The summed E-state index contributed by atoms with van der Waals surface area (Å²) in [7, 11) is 0. The van der Waals surface area contributed by atoms with Gasteiger partial charge in [0.15, 0.2) is 0 Å². The second-order valence-corrected chi connectivity index (χ2v) is 4.59. The van der Waals surface area contributed by atoms with Gasteiger partial charge in [0.2, 0.25) is 0 Å². The Hall–Kier alpha value is -1.32. The van der Waals surface area contributed by atoms with Crippen LogP contribution in [0.25, 0.3) is 0 Å². The topological polar surface area (TPSA) is 74.6 Å². The van der Waals surface area contributed by atoms with E-state index >= 15 is 0 Å². The number of carbonyl (C=O) groups is 2. The van der Waals surface area contributed by atoms with Crippen LogP contribution in [0.4, 0.5) is 0 Å². The molecule has 0 amide bonds. The van der Waals surface area contributed by atoms with E-state index in [9.17, 15) is 19.8 Å². The molecule has 1 saturated carbocycles. The van der Waals surface area contributed by atoms with Crippen LogP contribution in [0.2, 0.25) is 0 Å². The Bertz CT molecular complexity index is 315. The van der Waals surface area contributed by atoms with Gasteiger partial charge in [0.05, 0.1) is 10.8 Å². The summed E-state index contributed by atoms with van der Waals surface area (Å²) < 4.78 is 0. The summed E-state index contributed by atoms with van der Waals surface area (Å²) in [5, 5.41) is 18.8. The smallest absolute Gasteiger partial charge is 0.311 e. The lowest BCUT2D eigenvalue weighted by atomic mass is 9.62. The maximum absolute atomic E-state index is 11.5. The molecule has 0 aromatic carbocycles. The molecule has 1 aliphatic carbocycles. The summed E-state index contributed by atoms with van der Waals surface area (Å²) in [6.45, 7) is 7.25. The Morgan fingerprint density at radius 2 is 1.44 bits per heavy atom. The molecular weight excluding hydrogens is 208 g/mol. The molecule has 90 valence electrons. The summed E-state index contributed by atoms with van der Waals surface area (Å²) >= 11 is 0. The number of hydrogen-bond donors (Lipinski definition) is 2. The second kappa shape index (κ2) is 3.92. The van der Waals surface area contributed by atoms with Gasteiger partial charge in [0.1, 0.15) is 0 Å². The van der Waals surface area contributed by atoms with E-state index in [-0.39, 0.29) is 12.8 Å². The number of aliphatic carboxylic acids is 2. The number of rotatable bonds is 4. The predicted molar refractivity (Wildman–Crippen MR) is 59.1 cm³/mol. The van der Waals surface area contributed by atoms with Gasteiger partial charge >= 0.3 is 11.9 Å². The average molecular weight is 226 g/mol. The summed E-state index contributed by atoms with van der Waals surface area (Å²) in [5.41, 5.74) is -1.65. The van der Waals surface area contributed by atoms with Crippen LogP contribution >= 0.6 is 0 Å². The zero-order valence-electron chi connectivity index (χ0n) is 9.75. The minimum Gasteiger partial charge on any atom is -0.481 e. The molecule has 1 rings (SSSR count). The van der Waals surface area contributed by atoms with Crippen molar-refractivity contribution in [2.24, 2.45) is 10.8 Å². The van der Waals surface area contributed by atoms with Crippen molar-refractivity contribution in [1.29, 1.82) is 0 Å². The van der Waals surface area contributed by atoms with Crippen LogP contribution < -0.4 is 0 Å². The molecule has 0 saturated heterocycles. The lowest BCUT2D eigenvalue weighted by molar-refractivity contribution is -0.172. The third-order valence-corrected chi connectivity index (χ3v) is 4.05. The maximum atomic E-state index is 11.5. The van der Waals surface area contributed by atoms with Gasteiger partial charge in [0, 0.05) is 0 Å². The van der Waals surface area contributed by atoms with Crippen molar-refractivity contribution < 1.29 is 19.8 Å². The van der Waals surface area contributed by atoms with Crippen molar-refractivity contribution in [3.05, 3.63) is 12.2 Å². The highest BCUT2D eigenvalue weighted by molar-refractivity contribution is 5.88. The highest BCUT2D eigenvalue weighted by atomic mass is 16.4. The molecule has 0 radical (unpaired) electrons. The molecule has 0 bridgehead atoms. The van der Waals surface area contributed by atoms with Gasteiger partial charge in [-0.2, -0.15) is 0 Å². The van der Waals surface area contributed by atoms with Crippen molar-refractivity contribution in [3.8, 4) is 0 Å². The number of allylic oxidation sites excluding steroid dienone is 1. The maximum Gasteiger partial charge on any atom is 0.311 e. The van der Waals surface area contributed by atoms with Gasteiger partial charge < -0.3 is 10.2 Å². The molecule has 0 aromatic heterocycles. The average Bonchev–Trinajstić information content (AvgIpc) is 2.52. The first-order valence-corrected chi connectivity index (χ1v) is 5.49. The SMILES string of the molecule is C=C1C[C@](CC)(C(=O)O)[C@@](CC)(C(=O)O)C1. The fourth-order valence-electron chi connectivity index (χ4n) is 3.04. The molecule has 1 aliphatic rings. The molecule has 16 heavy (non-hydrogen) atoms. The number of carboxylic acids is 2. The van der Waals surface area contributed by atoms with E-state index in [1.807, 2.05) is 0 Å². The van der Waals surface area contributed by atoms with Gasteiger partial charge in [-0.1, -0.05) is 26.0 Å². The van der Waals surface area contributed by atoms with Crippen molar-refractivity contribution in [1.82, 2.24) is 0 Å². The molecular formula is C12H18O4. The van der Waals surface area contributed by atoms with Gasteiger partial charge in [0.25, 0.3) is 0 Å². The normalized spacial score (nSPS) is 34.0. The molecule has 1 fully saturated rings. The van der Waals surface area contributed by atoms with E-state index in [0.29, 0.717) is 12.8 Å². The second-order valence-electron chi connectivity index (χ2n) is 4.59. The number of carboxylic acid groups (broad SMARTS) is 2. The molecule has 0 unspecified atom stereocenters. The summed E-state index contributed by atoms with van der Waals surface area (Å²) in [5.74, 6) is -2.03. The Morgan fingerprint density at radius 3 is 1.62 bits per heavy atom. The van der Waals surface area contributed by atoms with Crippen LogP contribution in [0, 0.1) is 10.8 Å². The van der Waals surface area contributed by atoms with E-state index in [4.69, 9.17) is 0 Å². The van der Waals surface area contributed by atoms with E-state index in [2.05, 4.69) is 6.58 Å². The first kappa shape index (κ1) is 12.7. The van der Waals surface area contributed by atoms with Crippen molar-refractivity contribution >= 4 is 11.9 Å². The molecule has 0 aromatic rings. The lowest BCUT2D eigenvalue weighted by Crippen LogP contribution is -2.48. The summed E-state index contributed by atoms with van der Waals surface area (Å²) in [6, 6.07) is 0. The predicted octanol–water partition coefficient (Wildman–Crippen LogP) is 2.30. The third kappa shape index (κ3) is 1.36. The molecule has 0 aliphatic heterocycles. The Kier molecular flexibility index (Phi) is 3.13. The van der Waals surface area contributed by atoms with Crippen LogP contribution in [0.15, 0.2) is 12.2 Å². The third-order valence-electron chi connectivity index (χ3n) is 4.05. The van der Waals surface area contributed by atoms with E-state index < -0.39 is 22.8 Å². The first-order chi connectivity index (χ1) is 7.36. The summed E-state index contributed by atoms with van der Waals surface area (Å²) in [6.07, 6.45) is 1.20. The highest BCUT2D eigenvalue weighted by Gasteiger charge is 2.63. The number of hydrogen-bond acceptors (Lipinski definition) is 2. The van der Waals surface area contributed by atoms with E-state index in [0.717, 1.165) is 5.57 Å². The zero-order chi connectivity index (χ0) is 12.6. The summed E-state index contributed by atoms with van der Waals surface area (Å²) in [4.78, 5) is 22.9. The largest absolute Gasteiger partial charge is 0.481 e. The Morgan fingerprint density at radius 1 is 1.12 bits per heavy atom. The van der Waals surface area contributed by atoms with E-state index in [1.165, 1.54) is 0 Å². The molecule has 4 nitrogen and oxygen atoms in total. The highest BCUT2D eigenvalue weighted by Crippen LogP contribution is 2.59. The standard InChI is InChI=1S/C12H18O4/c1-4-11(9(13)14)6-8(3)7-12(11,5-2)10(15)16/h3-7H2,1-2H3,(H,13,14)(H,15,16)/t11-,12-/m1/s1. The Labute approximate surface area is 95.0 Å². The fraction of sp³-hybridized carbons (Fsp3) is 0.667. The lowest BCUT2D eigenvalue weighted by Gasteiger charge is -2.38. The van der Waals surface area contributed by atoms with Gasteiger partial charge in [-0.05, 0) is 25.7 Å². The minimum atomic E-state index is -1.19. The fourth-order valence-corrected chi connectivity index (χ4v) is 3.04. The van der Waals surface area contributed by atoms with Crippen LogP contribution in [-0.2, 0) is 9.59 Å². The van der Waals surface area contributed by atoms with E-state index in [1.54, 1.807) is 13.8 Å². The molecule has 2 atom stereocenters. The zero-order valence-corrected chi connectivity index (χ0v) is 9.75. The Balaban J connectivity index is 3.39. The minimum absolute atomic E-state index is 0.277. The van der Waals surface area contributed by atoms with Gasteiger partial charge in [-0.25, -0.2) is 0 Å².